The van der Waals surface area contributed by atoms with E-state index in [4.69, 9.17) is 27.2 Å². The lowest BCUT2D eigenvalue weighted by Crippen LogP contribution is -2.38. The molecular weight excluding hydrogens is 235 g/mol. The Balaban J connectivity index is 2.42. The fraction of sp³-hybridized carbons (Fsp3) is 1.00. The van der Waals surface area contributed by atoms with Crippen LogP contribution in [0.2, 0.25) is 0 Å². The zero-order chi connectivity index (χ0) is 13.7. The van der Waals surface area contributed by atoms with Gasteiger partial charge in [0.2, 0.25) is 0 Å². The molecule has 6 heteroatoms. The van der Waals surface area contributed by atoms with Crippen molar-refractivity contribution in [3.8, 4) is 0 Å². The average Bonchev–Trinajstić information content (AvgIpc) is 2.59. The quantitative estimate of drug-likeness (QED) is 0.612. The summed E-state index contributed by atoms with van der Waals surface area (Å²) in [6, 6.07) is -0.714. The molecule has 18 heavy (non-hydrogen) atoms. The van der Waals surface area contributed by atoms with E-state index in [2.05, 4.69) is 13.8 Å². The van der Waals surface area contributed by atoms with Gasteiger partial charge in [0.25, 0.3) is 0 Å². The summed E-state index contributed by atoms with van der Waals surface area (Å²) in [5.74, 6) is 0.502. The van der Waals surface area contributed by atoms with Crippen LogP contribution in [0, 0.1) is 5.92 Å². The Labute approximate surface area is 110 Å². The van der Waals surface area contributed by atoms with Crippen LogP contribution in [0.3, 0.4) is 0 Å². The van der Waals surface area contributed by atoms with E-state index in [1.54, 1.807) is 7.11 Å². The molecule has 104 valence electrons. The van der Waals surface area contributed by atoms with Crippen LogP contribution in [0.15, 0.2) is 0 Å². The maximum atomic E-state index is 9.86. The third kappa shape index (κ3) is 4.21. The van der Waals surface area contributed by atoms with Gasteiger partial charge >= 0.3 is 0 Å². The molecule has 1 heterocycles. The molecule has 5 nitrogen and oxygen atoms in total. The van der Waals surface area contributed by atoms with Crippen molar-refractivity contribution in [3.05, 3.63) is 0 Å². The number of rotatable bonds is 7. The SMILES string of the molecule is [B][C@@H]1O[C@H](CO)C(O)C1OC[C@H](CC(C)C)OC. The second kappa shape index (κ2) is 7.45. The molecule has 2 unspecified atom stereocenters. The highest BCUT2D eigenvalue weighted by Gasteiger charge is 2.41. The van der Waals surface area contributed by atoms with Gasteiger partial charge in [0, 0.05) is 13.1 Å². The molecule has 0 aliphatic carbocycles. The summed E-state index contributed by atoms with van der Waals surface area (Å²) in [5.41, 5.74) is 0. The normalized spacial score (nSPS) is 34.1. The lowest BCUT2D eigenvalue weighted by molar-refractivity contribution is -0.0696. The summed E-state index contributed by atoms with van der Waals surface area (Å²) in [7, 11) is 7.34. The van der Waals surface area contributed by atoms with E-state index in [-0.39, 0.29) is 12.7 Å². The van der Waals surface area contributed by atoms with Gasteiger partial charge in [-0.1, -0.05) is 13.8 Å². The van der Waals surface area contributed by atoms with Gasteiger partial charge in [0.1, 0.15) is 26.2 Å². The molecule has 5 atom stereocenters. The minimum Gasteiger partial charge on any atom is -0.394 e. The highest BCUT2D eigenvalue weighted by molar-refractivity contribution is 6.11. The molecule has 1 aliphatic heterocycles. The van der Waals surface area contributed by atoms with Crippen molar-refractivity contribution in [3.63, 3.8) is 0 Å². The van der Waals surface area contributed by atoms with E-state index in [0.717, 1.165) is 6.42 Å². The number of methoxy groups -OCH3 is 1. The largest absolute Gasteiger partial charge is 0.394 e. The lowest BCUT2D eigenvalue weighted by atomic mass is 9.93. The van der Waals surface area contributed by atoms with Crippen molar-refractivity contribution in [2.75, 3.05) is 20.3 Å². The summed E-state index contributed by atoms with van der Waals surface area (Å²) >= 11 is 0. The summed E-state index contributed by atoms with van der Waals surface area (Å²) in [4.78, 5) is 0. The van der Waals surface area contributed by atoms with E-state index >= 15 is 0 Å². The van der Waals surface area contributed by atoms with Gasteiger partial charge in [-0.2, -0.15) is 0 Å². The van der Waals surface area contributed by atoms with E-state index in [9.17, 15) is 5.11 Å². The van der Waals surface area contributed by atoms with Crippen LogP contribution < -0.4 is 0 Å². The summed E-state index contributed by atoms with van der Waals surface area (Å²) in [6.07, 6.45) is -1.35. The summed E-state index contributed by atoms with van der Waals surface area (Å²) in [6.45, 7) is 4.29. The maximum absolute atomic E-state index is 9.86. The first-order chi connectivity index (χ1) is 8.49. The van der Waals surface area contributed by atoms with Crippen LogP contribution in [0.25, 0.3) is 0 Å². The maximum Gasteiger partial charge on any atom is 0.112 e. The molecule has 0 amide bonds. The summed E-state index contributed by atoms with van der Waals surface area (Å²) in [5, 5.41) is 18.8. The van der Waals surface area contributed by atoms with Crippen molar-refractivity contribution in [2.24, 2.45) is 5.92 Å². The van der Waals surface area contributed by atoms with E-state index in [0.29, 0.717) is 12.5 Å². The minimum absolute atomic E-state index is 0.0300. The van der Waals surface area contributed by atoms with Crippen LogP contribution in [0.5, 0.6) is 0 Å². The Morgan fingerprint density at radius 2 is 2.06 bits per heavy atom. The molecule has 0 aromatic heterocycles. The molecule has 0 aromatic carbocycles. The van der Waals surface area contributed by atoms with Crippen molar-refractivity contribution < 1.29 is 24.4 Å². The predicted molar refractivity (Wildman–Crippen MR) is 67.5 cm³/mol. The molecule has 0 spiro atoms. The standard InChI is InChI=1S/C12H23BO5/c1-7(2)4-8(16-3)6-17-11-10(15)9(5-14)18-12(11)13/h7-12,14-15H,4-6H2,1-3H3/t8-,9+,10?,11?,12+/m0/s1. The first-order valence-corrected chi connectivity index (χ1v) is 6.34. The third-order valence-electron chi connectivity index (χ3n) is 3.10. The van der Waals surface area contributed by atoms with Gasteiger partial charge < -0.3 is 24.4 Å². The fourth-order valence-electron chi connectivity index (χ4n) is 2.09. The first kappa shape index (κ1) is 15.9. The molecule has 2 radical (unpaired) electrons. The third-order valence-corrected chi connectivity index (χ3v) is 3.10. The Bertz CT molecular complexity index is 239. The monoisotopic (exact) mass is 258 g/mol. The highest BCUT2D eigenvalue weighted by atomic mass is 16.6. The topological polar surface area (TPSA) is 68.2 Å². The fourth-order valence-corrected chi connectivity index (χ4v) is 2.09. The van der Waals surface area contributed by atoms with Crippen LogP contribution in [-0.4, -0.2) is 68.8 Å². The number of aliphatic hydroxyl groups excluding tert-OH is 2. The number of ether oxygens (including phenoxy) is 3. The molecule has 1 fully saturated rings. The molecule has 1 rings (SSSR count). The second-order valence-corrected chi connectivity index (χ2v) is 5.10. The zero-order valence-corrected chi connectivity index (χ0v) is 11.3. The molecule has 0 saturated carbocycles. The summed E-state index contributed by atoms with van der Waals surface area (Å²) < 4.78 is 16.1. The highest BCUT2D eigenvalue weighted by Crippen LogP contribution is 2.22. The van der Waals surface area contributed by atoms with Gasteiger partial charge in [-0.15, -0.1) is 0 Å². The molecule has 2 N–H and O–H groups in total. The molecule has 1 aliphatic rings. The average molecular weight is 258 g/mol. The first-order valence-electron chi connectivity index (χ1n) is 6.34. The Hall–Kier alpha value is -0.135. The molecule has 0 bridgehead atoms. The molecular formula is C12H23BO5. The Morgan fingerprint density at radius 1 is 1.39 bits per heavy atom. The smallest absolute Gasteiger partial charge is 0.112 e. The van der Waals surface area contributed by atoms with E-state index < -0.39 is 24.3 Å². The van der Waals surface area contributed by atoms with Gasteiger partial charge in [0.15, 0.2) is 0 Å². The van der Waals surface area contributed by atoms with Crippen molar-refractivity contribution in [2.45, 2.75) is 50.7 Å². The number of hydrogen-bond donors (Lipinski definition) is 2. The van der Waals surface area contributed by atoms with E-state index in [1.165, 1.54) is 0 Å². The van der Waals surface area contributed by atoms with Gasteiger partial charge in [-0.05, 0) is 12.3 Å². The lowest BCUT2D eigenvalue weighted by Gasteiger charge is -2.23. The zero-order valence-electron chi connectivity index (χ0n) is 11.3. The van der Waals surface area contributed by atoms with Crippen LogP contribution >= 0.6 is 0 Å². The Kier molecular flexibility index (Phi) is 6.59. The van der Waals surface area contributed by atoms with Gasteiger partial charge in [-0.3, -0.25) is 0 Å². The van der Waals surface area contributed by atoms with Crippen LogP contribution in [-0.2, 0) is 14.2 Å². The van der Waals surface area contributed by atoms with Gasteiger partial charge in [0.05, 0.1) is 19.3 Å². The molecule has 1 saturated heterocycles. The van der Waals surface area contributed by atoms with Crippen molar-refractivity contribution in [1.29, 1.82) is 0 Å². The van der Waals surface area contributed by atoms with Crippen molar-refractivity contribution in [1.82, 2.24) is 0 Å². The second-order valence-electron chi connectivity index (χ2n) is 5.10. The van der Waals surface area contributed by atoms with Crippen LogP contribution in [0.1, 0.15) is 20.3 Å². The van der Waals surface area contributed by atoms with E-state index in [1.807, 2.05) is 0 Å². The number of hydrogen-bond acceptors (Lipinski definition) is 5. The number of aliphatic hydroxyl groups is 2. The predicted octanol–water partition coefficient (Wildman–Crippen LogP) is -0.321. The van der Waals surface area contributed by atoms with Gasteiger partial charge in [-0.25, -0.2) is 0 Å². The Morgan fingerprint density at radius 3 is 2.50 bits per heavy atom. The van der Waals surface area contributed by atoms with Crippen molar-refractivity contribution >= 4 is 7.85 Å². The minimum atomic E-state index is -0.901. The molecule has 0 aromatic rings. The van der Waals surface area contributed by atoms with Crippen LogP contribution in [0.4, 0.5) is 0 Å².